The fraction of sp³-hybridized carbons (Fsp3) is 0.161. The van der Waals surface area contributed by atoms with Gasteiger partial charge in [0.2, 0.25) is 5.91 Å². The Morgan fingerprint density at radius 2 is 1.31 bits per heavy atom. The van der Waals surface area contributed by atoms with Crippen molar-refractivity contribution in [3.8, 4) is 11.5 Å². The molecule has 36 heavy (non-hydrogen) atoms. The predicted molar refractivity (Wildman–Crippen MR) is 145 cm³/mol. The number of benzene rings is 4. The maximum Gasteiger partial charge on any atom is 0.226 e. The third-order valence-electron chi connectivity index (χ3n) is 6.24. The normalized spacial score (nSPS) is 15.2. The molecular weight excluding hydrogens is 466 g/mol. The van der Waals surface area contributed by atoms with Crippen LogP contribution in [0.2, 0.25) is 0 Å². The molecule has 0 bridgehead atoms. The molecule has 1 saturated heterocycles. The lowest BCUT2D eigenvalue weighted by Crippen LogP contribution is -2.27. The van der Waals surface area contributed by atoms with Gasteiger partial charge in [-0.15, -0.1) is 0 Å². The number of nitrogens with zero attached hydrogens (tertiary/aromatic N) is 1. The van der Waals surface area contributed by atoms with Crippen molar-refractivity contribution in [2.75, 3.05) is 6.54 Å². The number of carbonyl (C=O) groups excluding carboxylic acids is 1. The van der Waals surface area contributed by atoms with Gasteiger partial charge >= 0.3 is 0 Å². The Hall–Kier alpha value is -3.96. The van der Waals surface area contributed by atoms with Crippen molar-refractivity contribution in [3.05, 3.63) is 132 Å². The average molecular weight is 494 g/mol. The van der Waals surface area contributed by atoms with Gasteiger partial charge in [-0.25, -0.2) is 0 Å². The van der Waals surface area contributed by atoms with Crippen molar-refractivity contribution >= 4 is 23.2 Å². The van der Waals surface area contributed by atoms with Crippen molar-refractivity contribution in [1.29, 1.82) is 0 Å². The topological polar surface area (TPSA) is 38.8 Å². The molecular formula is C31H27NO3S. The van der Waals surface area contributed by atoms with Crippen molar-refractivity contribution < 1.29 is 14.3 Å². The summed E-state index contributed by atoms with van der Waals surface area (Å²) in [5.41, 5.74) is 3.19. The number of amides is 1. The molecule has 0 aromatic heterocycles. The summed E-state index contributed by atoms with van der Waals surface area (Å²) < 4.78 is 12.1. The van der Waals surface area contributed by atoms with Gasteiger partial charge in [0.05, 0.1) is 18.9 Å². The van der Waals surface area contributed by atoms with Gasteiger partial charge in [-0.05, 0) is 53.2 Å². The van der Waals surface area contributed by atoms with E-state index >= 15 is 0 Å². The maximum absolute atomic E-state index is 12.8. The van der Waals surface area contributed by atoms with Gasteiger partial charge in [0.1, 0.15) is 17.6 Å². The van der Waals surface area contributed by atoms with Gasteiger partial charge in [-0.3, -0.25) is 4.79 Å². The Bertz CT molecular complexity index is 1250. The van der Waals surface area contributed by atoms with Gasteiger partial charge in [-0.2, -0.15) is 0 Å². The van der Waals surface area contributed by atoms with Gasteiger partial charge in [0.15, 0.2) is 5.05 Å². The van der Waals surface area contributed by atoms with Crippen LogP contribution in [0.25, 0.3) is 0 Å². The molecule has 1 fully saturated rings. The zero-order valence-corrected chi connectivity index (χ0v) is 20.6. The molecule has 1 heterocycles. The minimum atomic E-state index is -0.263. The number of ether oxygens (including phenoxy) is 2. The summed E-state index contributed by atoms with van der Waals surface area (Å²) in [5.74, 6) is 1.46. The molecule has 4 nitrogen and oxygen atoms in total. The Kier molecular flexibility index (Phi) is 7.39. The molecule has 0 spiro atoms. The van der Waals surface area contributed by atoms with Gasteiger partial charge in [0.25, 0.3) is 0 Å². The Labute approximate surface area is 217 Å². The Morgan fingerprint density at radius 3 is 1.89 bits per heavy atom. The number of carbonyl (C=O) groups is 1. The minimum absolute atomic E-state index is 0.0726. The number of thiocarbonyl (C=S) groups is 1. The molecule has 1 aliphatic heterocycles. The molecule has 1 unspecified atom stereocenters. The fourth-order valence-corrected chi connectivity index (χ4v) is 4.87. The number of para-hydroxylation sites is 1. The first-order valence-electron chi connectivity index (χ1n) is 12.1. The van der Waals surface area contributed by atoms with Crippen LogP contribution in [0.5, 0.6) is 11.5 Å². The Balaban J connectivity index is 1.22. The molecule has 180 valence electrons. The van der Waals surface area contributed by atoms with Crippen LogP contribution in [-0.4, -0.2) is 28.5 Å². The molecule has 0 N–H and O–H groups in total. The molecule has 0 radical (unpaired) electrons. The van der Waals surface area contributed by atoms with Crippen molar-refractivity contribution in [1.82, 2.24) is 4.90 Å². The molecule has 5 heteroatoms. The fourth-order valence-electron chi connectivity index (χ4n) is 4.46. The van der Waals surface area contributed by atoms with E-state index < -0.39 is 0 Å². The van der Waals surface area contributed by atoms with Crippen molar-refractivity contribution in [3.63, 3.8) is 0 Å². The zero-order valence-electron chi connectivity index (χ0n) is 19.8. The standard InChI is InChI=1S/C31H27NO3S/c33-29-20-28(35-31(36)30(24-10-4-1-5-11-24)25-12-6-2-7-13-25)22-32(29)21-23-16-18-27(19-17-23)34-26-14-8-3-9-15-26/h1-19,28,30H,20-22H2. The molecule has 1 aliphatic rings. The molecule has 1 atom stereocenters. The summed E-state index contributed by atoms with van der Waals surface area (Å²) in [4.78, 5) is 14.6. The van der Waals surface area contributed by atoms with Crippen LogP contribution in [-0.2, 0) is 16.1 Å². The first kappa shape index (κ1) is 23.8. The first-order valence-corrected chi connectivity index (χ1v) is 12.5. The van der Waals surface area contributed by atoms with E-state index in [9.17, 15) is 4.79 Å². The smallest absolute Gasteiger partial charge is 0.226 e. The third-order valence-corrected chi connectivity index (χ3v) is 6.57. The molecule has 4 aromatic carbocycles. The highest BCUT2D eigenvalue weighted by Crippen LogP contribution is 2.29. The predicted octanol–water partition coefficient (Wildman–Crippen LogP) is 6.76. The Morgan fingerprint density at radius 1 is 0.778 bits per heavy atom. The highest BCUT2D eigenvalue weighted by molar-refractivity contribution is 7.80. The van der Waals surface area contributed by atoms with E-state index in [1.54, 1.807) is 0 Å². The van der Waals surface area contributed by atoms with Crippen LogP contribution in [0, 0.1) is 0 Å². The van der Waals surface area contributed by atoms with Crippen molar-refractivity contribution in [2.45, 2.75) is 25.0 Å². The van der Waals surface area contributed by atoms with Crippen LogP contribution in [0.15, 0.2) is 115 Å². The SMILES string of the molecule is O=C1CC(OC(=S)C(c2ccccc2)c2ccccc2)CN1Cc1ccc(Oc2ccccc2)cc1. The molecule has 4 aromatic rings. The van der Waals surface area contributed by atoms with Crippen LogP contribution in [0.4, 0.5) is 0 Å². The van der Waals surface area contributed by atoms with E-state index in [-0.39, 0.29) is 17.9 Å². The first-order chi connectivity index (χ1) is 17.7. The lowest BCUT2D eigenvalue weighted by atomic mass is 9.92. The van der Waals surface area contributed by atoms with E-state index in [2.05, 4.69) is 24.3 Å². The zero-order chi connectivity index (χ0) is 24.7. The monoisotopic (exact) mass is 493 g/mol. The highest BCUT2D eigenvalue weighted by Gasteiger charge is 2.33. The van der Waals surface area contributed by atoms with Crippen LogP contribution >= 0.6 is 12.2 Å². The van der Waals surface area contributed by atoms with Gasteiger partial charge < -0.3 is 14.4 Å². The van der Waals surface area contributed by atoms with E-state index in [0.29, 0.717) is 24.6 Å². The summed E-state index contributed by atoms with van der Waals surface area (Å²) >= 11 is 5.79. The molecule has 0 saturated carbocycles. The van der Waals surface area contributed by atoms with Crippen LogP contribution in [0.1, 0.15) is 29.0 Å². The number of likely N-dealkylation sites (tertiary alicyclic amines) is 1. The largest absolute Gasteiger partial charge is 0.480 e. The second-order valence-corrected chi connectivity index (χ2v) is 9.25. The number of hydrogen-bond acceptors (Lipinski definition) is 4. The number of hydrogen-bond donors (Lipinski definition) is 0. The van der Waals surface area contributed by atoms with Crippen LogP contribution in [0.3, 0.4) is 0 Å². The minimum Gasteiger partial charge on any atom is -0.480 e. The van der Waals surface area contributed by atoms with Gasteiger partial charge in [-0.1, -0.05) is 91.0 Å². The summed E-state index contributed by atoms with van der Waals surface area (Å²) in [6.45, 7) is 1.04. The third kappa shape index (κ3) is 5.81. The molecule has 5 rings (SSSR count). The lowest BCUT2D eigenvalue weighted by molar-refractivity contribution is -0.128. The summed E-state index contributed by atoms with van der Waals surface area (Å²) in [6, 6.07) is 37.7. The summed E-state index contributed by atoms with van der Waals surface area (Å²) in [7, 11) is 0. The van der Waals surface area contributed by atoms with E-state index in [1.165, 1.54) is 0 Å². The van der Waals surface area contributed by atoms with Crippen LogP contribution < -0.4 is 4.74 Å². The van der Waals surface area contributed by atoms with Gasteiger partial charge in [0, 0.05) is 6.54 Å². The summed E-state index contributed by atoms with van der Waals surface area (Å²) in [5, 5.41) is 0.495. The van der Waals surface area contributed by atoms with E-state index in [4.69, 9.17) is 21.7 Å². The summed E-state index contributed by atoms with van der Waals surface area (Å²) in [6.07, 6.45) is 0.0617. The average Bonchev–Trinajstić information content (AvgIpc) is 3.25. The second kappa shape index (κ2) is 11.2. The van der Waals surface area contributed by atoms with Crippen molar-refractivity contribution in [2.24, 2.45) is 0 Å². The maximum atomic E-state index is 12.8. The van der Waals surface area contributed by atoms with E-state index in [0.717, 1.165) is 28.2 Å². The second-order valence-electron chi connectivity index (χ2n) is 8.85. The highest BCUT2D eigenvalue weighted by atomic mass is 32.1. The van der Waals surface area contributed by atoms with E-state index in [1.807, 2.05) is 95.9 Å². The molecule has 0 aliphatic carbocycles. The number of rotatable bonds is 8. The quantitative estimate of drug-likeness (QED) is 0.254. The lowest BCUT2D eigenvalue weighted by Gasteiger charge is -2.23. The molecule has 1 amide bonds.